The van der Waals surface area contributed by atoms with Crippen molar-refractivity contribution in [1.82, 2.24) is 10.2 Å². The third-order valence-corrected chi connectivity index (χ3v) is 7.13. The second-order valence-corrected chi connectivity index (χ2v) is 9.43. The predicted molar refractivity (Wildman–Crippen MR) is 86.5 cm³/mol. The first kappa shape index (κ1) is 16.7. The Hall–Kier alpha value is -1.11. The Morgan fingerprint density at radius 1 is 1.09 bits per heavy atom. The molecule has 0 bridgehead atoms. The fraction of sp³-hybridized carbons (Fsp3) is 0.875. The van der Waals surface area contributed by atoms with Gasteiger partial charge in [-0.3, -0.25) is 9.59 Å². The molecule has 2 heterocycles. The van der Waals surface area contributed by atoms with Gasteiger partial charge in [0.1, 0.15) is 0 Å². The fourth-order valence-electron chi connectivity index (χ4n) is 4.02. The maximum absolute atomic E-state index is 12.5. The average molecular weight is 342 g/mol. The molecule has 2 amide bonds. The van der Waals surface area contributed by atoms with Crippen LogP contribution in [0.5, 0.6) is 0 Å². The summed E-state index contributed by atoms with van der Waals surface area (Å²) in [7, 11) is -3.02. The molecule has 0 aromatic heterocycles. The molecule has 3 rings (SSSR count). The molecule has 130 valence electrons. The van der Waals surface area contributed by atoms with Crippen molar-refractivity contribution < 1.29 is 18.0 Å². The van der Waals surface area contributed by atoms with Crippen molar-refractivity contribution in [3.05, 3.63) is 0 Å². The van der Waals surface area contributed by atoms with E-state index in [0.29, 0.717) is 13.0 Å². The summed E-state index contributed by atoms with van der Waals surface area (Å²) in [5, 5.41) is 3.11. The molecule has 23 heavy (non-hydrogen) atoms. The van der Waals surface area contributed by atoms with Gasteiger partial charge in [-0.05, 0) is 19.3 Å². The van der Waals surface area contributed by atoms with Crippen molar-refractivity contribution in [3.8, 4) is 0 Å². The van der Waals surface area contributed by atoms with Gasteiger partial charge in [-0.2, -0.15) is 0 Å². The van der Waals surface area contributed by atoms with E-state index in [1.165, 1.54) is 12.8 Å². The number of sulfone groups is 1. The van der Waals surface area contributed by atoms with Crippen LogP contribution in [0.25, 0.3) is 0 Å². The Bertz CT molecular complexity index is 567. The molecular weight excluding hydrogens is 316 g/mol. The highest BCUT2D eigenvalue weighted by molar-refractivity contribution is 7.91. The Morgan fingerprint density at radius 3 is 2.39 bits per heavy atom. The van der Waals surface area contributed by atoms with Crippen LogP contribution in [-0.4, -0.2) is 55.3 Å². The first-order chi connectivity index (χ1) is 10.9. The number of amides is 2. The summed E-state index contributed by atoms with van der Waals surface area (Å²) in [5.74, 6) is -0.230. The van der Waals surface area contributed by atoms with Gasteiger partial charge in [0.25, 0.3) is 0 Å². The van der Waals surface area contributed by atoms with E-state index in [1.54, 1.807) is 4.90 Å². The maximum Gasteiger partial charge on any atom is 0.225 e. The van der Waals surface area contributed by atoms with Gasteiger partial charge in [-0.1, -0.05) is 25.7 Å². The number of carbonyl (C=O) groups is 2. The molecule has 6 nitrogen and oxygen atoms in total. The summed E-state index contributed by atoms with van der Waals surface area (Å²) >= 11 is 0. The van der Waals surface area contributed by atoms with E-state index >= 15 is 0 Å². The number of likely N-dealkylation sites (tertiary alicyclic amines) is 1. The van der Waals surface area contributed by atoms with Crippen LogP contribution in [-0.2, 0) is 19.4 Å². The first-order valence-corrected chi connectivity index (χ1v) is 10.6. The quantitative estimate of drug-likeness (QED) is 0.771. The highest BCUT2D eigenvalue weighted by atomic mass is 32.2. The molecule has 0 spiro atoms. The minimum Gasteiger partial charge on any atom is -0.353 e. The van der Waals surface area contributed by atoms with E-state index < -0.39 is 9.84 Å². The Morgan fingerprint density at radius 2 is 1.78 bits per heavy atom. The molecule has 0 aromatic rings. The van der Waals surface area contributed by atoms with Crippen LogP contribution in [0.3, 0.4) is 0 Å². The molecular formula is C16H26N2O4S. The van der Waals surface area contributed by atoms with E-state index in [-0.39, 0.29) is 47.7 Å². The zero-order valence-electron chi connectivity index (χ0n) is 13.5. The monoisotopic (exact) mass is 342 g/mol. The average Bonchev–Trinajstić information content (AvgIpc) is 2.93. The largest absolute Gasteiger partial charge is 0.353 e. The van der Waals surface area contributed by atoms with Gasteiger partial charge >= 0.3 is 0 Å². The van der Waals surface area contributed by atoms with Crippen molar-refractivity contribution in [2.45, 2.75) is 63.5 Å². The summed E-state index contributed by atoms with van der Waals surface area (Å²) in [6.45, 7) is 0.373. The van der Waals surface area contributed by atoms with Crippen molar-refractivity contribution in [1.29, 1.82) is 0 Å². The Balaban J connectivity index is 1.55. The van der Waals surface area contributed by atoms with E-state index in [4.69, 9.17) is 0 Å². The van der Waals surface area contributed by atoms with Crippen molar-refractivity contribution in [2.75, 3.05) is 18.1 Å². The summed E-state index contributed by atoms with van der Waals surface area (Å²) < 4.78 is 23.2. The summed E-state index contributed by atoms with van der Waals surface area (Å²) in [4.78, 5) is 26.3. The molecule has 1 saturated carbocycles. The lowest BCUT2D eigenvalue weighted by molar-refractivity contribution is -0.130. The molecule has 2 aliphatic heterocycles. The molecule has 7 heteroatoms. The summed E-state index contributed by atoms with van der Waals surface area (Å²) in [6, 6.07) is 0.00388. The standard InChI is InChI=1S/C16H26N2O4S/c19-15-9-12(10-18(15)14-7-8-23(21,22)11-14)16(20)17-13-5-3-1-2-4-6-13/h12-14H,1-11H2,(H,17,20)/t12-,14+/m1/s1. The SMILES string of the molecule is O=C(NC1CCCCCC1)[C@@H]1CC(=O)N([C@H]2CCS(=O)(=O)C2)C1. The molecule has 0 aromatic carbocycles. The number of hydrogen-bond acceptors (Lipinski definition) is 4. The molecule has 1 aliphatic carbocycles. The molecule has 0 unspecified atom stereocenters. The fourth-order valence-corrected chi connectivity index (χ4v) is 5.75. The topological polar surface area (TPSA) is 83.6 Å². The Kier molecular flexibility index (Phi) is 4.94. The molecule has 2 saturated heterocycles. The zero-order valence-corrected chi connectivity index (χ0v) is 14.3. The van der Waals surface area contributed by atoms with Gasteiger partial charge in [0.15, 0.2) is 9.84 Å². The molecule has 3 aliphatic rings. The smallest absolute Gasteiger partial charge is 0.225 e. The number of nitrogens with zero attached hydrogens (tertiary/aromatic N) is 1. The van der Waals surface area contributed by atoms with Crippen LogP contribution >= 0.6 is 0 Å². The van der Waals surface area contributed by atoms with Gasteiger partial charge in [-0.25, -0.2) is 8.42 Å². The van der Waals surface area contributed by atoms with Crippen LogP contribution in [0.2, 0.25) is 0 Å². The van der Waals surface area contributed by atoms with Crippen LogP contribution in [0.1, 0.15) is 51.4 Å². The molecule has 3 fully saturated rings. The van der Waals surface area contributed by atoms with Crippen molar-refractivity contribution in [2.24, 2.45) is 5.92 Å². The lowest BCUT2D eigenvalue weighted by Crippen LogP contribution is -2.41. The molecule has 0 radical (unpaired) electrons. The normalized spacial score (nSPS) is 32.0. The second kappa shape index (κ2) is 6.79. The van der Waals surface area contributed by atoms with Crippen LogP contribution in [0.4, 0.5) is 0 Å². The van der Waals surface area contributed by atoms with E-state index in [0.717, 1.165) is 25.7 Å². The van der Waals surface area contributed by atoms with E-state index in [1.807, 2.05) is 0 Å². The van der Waals surface area contributed by atoms with Gasteiger partial charge in [-0.15, -0.1) is 0 Å². The number of hydrogen-bond donors (Lipinski definition) is 1. The van der Waals surface area contributed by atoms with Gasteiger partial charge < -0.3 is 10.2 Å². The third-order valence-electron chi connectivity index (χ3n) is 5.38. The van der Waals surface area contributed by atoms with Crippen molar-refractivity contribution >= 4 is 21.7 Å². The zero-order chi connectivity index (χ0) is 16.4. The Labute approximate surface area is 137 Å². The highest BCUT2D eigenvalue weighted by Crippen LogP contribution is 2.27. The van der Waals surface area contributed by atoms with Gasteiger partial charge in [0, 0.05) is 25.0 Å². The van der Waals surface area contributed by atoms with E-state index in [2.05, 4.69) is 5.32 Å². The van der Waals surface area contributed by atoms with Gasteiger partial charge in [0.05, 0.1) is 17.4 Å². The van der Waals surface area contributed by atoms with Crippen LogP contribution in [0, 0.1) is 5.92 Å². The minimum absolute atomic E-state index is 0.0337. The molecule has 2 atom stereocenters. The first-order valence-electron chi connectivity index (χ1n) is 8.75. The highest BCUT2D eigenvalue weighted by Gasteiger charge is 2.42. The number of rotatable bonds is 3. The van der Waals surface area contributed by atoms with Crippen molar-refractivity contribution in [3.63, 3.8) is 0 Å². The van der Waals surface area contributed by atoms with Crippen LogP contribution in [0.15, 0.2) is 0 Å². The van der Waals surface area contributed by atoms with Crippen LogP contribution < -0.4 is 5.32 Å². The summed E-state index contributed by atoms with van der Waals surface area (Å²) in [5.41, 5.74) is 0. The number of nitrogens with one attached hydrogen (secondary N) is 1. The number of carbonyl (C=O) groups excluding carboxylic acids is 2. The third kappa shape index (κ3) is 4.05. The van der Waals surface area contributed by atoms with E-state index in [9.17, 15) is 18.0 Å². The minimum atomic E-state index is -3.02. The molecule has 1 N–H and O–H groups in total. The lowest BCUT2D eigenvalue weighted by atomic mass is 10.0. The predicted octanol–water partition coefficient (Wildman–Crippen LogP) is 0.861. The second-order valence-electron chi connectivity index (χ2n) is 7.20. The maximum atomic E-state index is 12.5. The lowest BCUT2D eigenvalue weighted by Gasteiger charge is -2.23. The van der Waals surface area contributed by atoms with Gasteiger partial charge in [0.2, 0.25) is 11.8 Å². The summed E-state index contributed by atoms with van der Waals surface area (Å²) in [6.07, 6.45) is 7.55.